The number of rotatable bonds is 7. The van der Waals surface area contributed by atoms with E-state index in [0.717, 1.165) is 37.6 Å². The number of nitrogens with zero attached hydrogens (tertiary/aromatic N) is 2. The number of para-hydroxylation sites is 1. The zero-order chi connectivity index (χ0) is 19.1. The van der Waals surface area contributed by atoms with E-state index in [1.165, 1.54) is 10.4 Å². The molecule has 152 valence electrons. The number of hydrogen-bond acceptors (Lipinski definition) is 3. The first-order valence-electron chi connectivity index (χ1n) is 9.65. The van der Waals surface area contributed by atoms with E-state index < -0.39 is 0 Å². The summed E-state index contributed by atoms with van der Waals surface area (Å²) in [7, 11) is 0. The molecule has 0 radical (unpaired) electrons. The summed E-state index contributed by atoms with van der Waals surface area (Å²) in [5, 5.41) is 8.79. The average Bonchev–Trinajstić information content (AvgIpc) is 3.34. The van der Waals surface area contributed by atoms with Crippen LogP contribution in [0, 0.1) is 0 Å². The van der Waals surface area contributed by atoms with E-state index >= 15 is 0 Å². The van der Waals surface area contributed by atoms with Gasteiger partial charge in [0.15, 0.2) is 5.96 Å². The van der Waals surface area contributed by atoms with Gasteiger partial charge in [0.25, 0.3) is 0 Å². The van der Waals surface area contributed by atoms with E-state index in [2.05, 4.69) is 53.1 Å². The van der Waals surface area contributed by atoms with Gasteiger partial charge in [-0.15, -0.1) is 35.3 Å². The zero-order valence-electron chi connectivity index (χ0n) is 16.5. The summed E-state index contributed by atoms with van der Waals surface area (Å²) in [6.45, 7) is 6.43. The van der Waals surface area contributed by atoms with Crippen LogP contribution in [-0.4, -0.2) is 31.5 Å². The van der Waals surface area contributed by atoms with E-state index in [9.17, 15) is 4.79 Å². The first-order chi connectivity index (χ1) is 13.2. The lowest BCUT2D eigenvalue weighted by molar-refractivity contribution is -0.118. The predicted octanol–water partition coefficient (Wildman–Crippen LogP) is 4.35. The van der Waals surface area contributed by atoms with Gasteiger partial charge >= 0.3 is 0 Å². The molecule has 7 heteroatoms. The zero-order valence-corrected chi connectivity index (χ0v) is 19.6. The van der Waals surface area contributed by atoms with E-state index in [1.807, 2.05) is 23.1 Å². The van der Waals surface area contributed by atoms with E-state index in [-0.39, 0.29) is 35.9 Å². The second kappa shape index (κ2) is 11.4. The van der Waals surface area contributed by atoms with Crippen molar-refractivity contribution in [2.24, 2.45) is 4.99 Å². The lowest BCUT2D eigenvalue weighted by Gasteiger charge is -2.18. The van der Waals surface area contributed by atoms with Crippen LogP contribution in [0.1, 0.15) is 43.2 Å². The number of halogens is 1. The van der Waals surface area contributed by atoms with Crippen molar-refractivity contribution >= 4 is 52.9 Å². The lowest BCUT2D eigenvalue weighted by atomic mass is 10.2. The molecule has 1 aromatic carbocycles. The van der Waals surface area contributed by atoms with Gasteiger partial charge in [0.2, 0.25) is 5.91 Å². The molecule has 0 spiro atoms. The van der Waals surface area contributed by atoms with Crippen LogP contribution in [0.25, 0.3) is 0 Å². The van der Waals surface area contributed by atoms with Gasteiger partial charge < -0.3 is 15.5 Å². The van der Waals surface area contributed by atoms with Gasteiger partial charge in [-0.1, -0.05) is 24.3 Å². The number of aliphatic imine (C=N–C) groups is 1. The molecule has 2 N–H and O–H groups in total. The van der Waals surface area contributed by atoms with Gasteiger partial charge in [0.1, 0.15) is 0 Å². The molecule has 2 aromatic rings. The maximum absolute atomic E-state index is 12.6. The Balaban J connectivity index is 0.00000280. The number of fused-ring (bicyclic) bond motifs is 1. The van der Waals surface area contributed by atoms with Crippen molar-refractivity contribution in [1.82, 2.24) is 10.6 Å². The molecule has 0 bridgehead atoms. The van der Waals surface area contributed by atoms with Crippen LogP contribution in [-0.2, 0) is 11.2 Å². The Bertz CT molecular complexity index is 778. The molecule has 0 saturated heterocycles. The summed E-state index contributed by atoms with van der Waals surface area (Å²) in [6, 6.07) is 12.6. The molecule has 1 atom stereocenters. The smallest absolute Gasteiger partial charge is 0.227 e. The molecule has 2 heterocycles. The Labute approximate surface area is 188 Å². The van der Waals surface area contributed by atoms with Gasteiger partial charge in [-0.2, -0.15) is 0 Å². The van der Waals surface area contributed by atoms with E-state index in [0.29, 0.717) is 13.0 Å². The Morgan fingerprint density at radius 3 is 2.86 bits per heavy atom. The second-order valence-corrected chi connectivity index (χ2v) is 7.65. The van der Waals surface area contributed by atoms with Gasteiger partial charge in [-0.25, -0.2) is 0 Å². The average molecular weight is 512 g/mol. The number of carbonyl (C=O) groups excluding carboxylic acids is 1. The second-order valence-electron chi connectivity index (χ2n) is 6.67. The summed E-state index contributed by atoms with van der Waals surface area (Å²) >= 11 is 1.74. The maximum Gasteiger partial charge on any atom is 0.227 e. The van der Waals surface area contributed by atoms with Gasteiger partial charge in [0, 0.05) is 36.6 Å². The number of guanidine groups is 1. The molecule has 1 amide bonds. The summed E-state index contributed by atoms with van der Waals surface area (Å²) < 4.78 is 0. The van der Waals surface area contributed by atoms with Crippen molar-refractivity contribution in [2.75, 3.05) is 24.5 Å². The molecule has 28 heavy (non-hydrogen) atoms. The molecule has 1 aromatic heterocycles. The number of benzene rings is 1. The highest BCUT2D eigenvalue weighted by Crippen LogP contribution is 2.28. The summed E-state index contributed by atoms with van der Waals surface area (Å²) in [5.74, 6) is 0.998. The number of hydrogen-bond donors (Lipinski definition) is 2. The van der Waals surface area contributed by atoms with Gasteiger partial charge in [0.05, 0.1) is 6.04 Å². The van der Waals surface area contributed by atoms with Crippen LogP contribution in [0.2, 0.25) is 0 Å². The van der Waals surface area contributed by atoms with Crippen molar-refractivity contribution in [3.8, 4) is 0 Å². The third kappa shape index (κ3) is 5.94. The fourth-order valence-corrected chi connectivity index (χ4v) is 4.02. The normalized spacial score (nSPS) is 14.2. The SMILES string of the molecule is CCNC(=NCCCC(=O)N1CCc2ccccc21)NC(C)c1cccs1.I. The molecule has 1 aliphatic heterocycles. The molecule has 0 aliphatic carbocycles. The van der Waals surface area contributed by atoms with Crippen molar-refractivity contribution < 1.29 is 4.79 Å². The van der Waals surface area contributed by atoms with Gasteiger partial charge in [-0.05, 0) is 49.8 Å². The summed E-state index contributed by atoms with van der Waals surface area (Å²) in [5.41, 5.74) is 2.34. The Morgan fingerprint density at radius 1 is 1.29 bits per heavy atom. The number of anilines is 1. The highest BCUT2D eigenvalue weighted by Gasteiger charge is 2.23. The number of carbonyl (C=O) groups is 1. The van der Waals surface area contributed by atoms with E-state index in [4.69, 9.17) is 0 Å². The van der Waals surface area contributed by atoms with Crippen LogP contribution < -0.4 is 15.5 Å². The lowest BCUT2D eigenvalue weighted by Crippen LogP contribution is -2.38. The first kappa shape index (κ1) is 22.7. The standard InChI is InChI=1S/C21H28N4OS.HI/c1-3-22-21(24-16(2)19-10-7-15-27-19)23-13-6-11-20(26)25-14-12-17-8-4-5-9-18(17)25;/h4-5,7-10,15-16H,3,6,11-14H2,1-2H3,(H2,22,23,24);1H. The van der Waals surface area contributed by atoms with Crippen LogP contribution in [0.15, 0.2) is 46.8 Å². The molecule has 0 fully saturated rings. The minimum absolute atomic E-state index is 0. The van der Waals surface area contributed by atoms with E-state index in [1.54, 1.807) is 11.3 Å². The van der Waals surface area contributed by atoms with Crippen LogP contribution in [0.5, 0.6) is 0 Å². The van der Waals surface area contributed by atoms with Crippen molar-refractivity contribution in [3.63, 3.8) is 0 Å². The van der Waals surface area contributed by atoms with Gasteiger partial charge in [-0.3, -0.25) is 9.79 Å². The molecule has 1 unspecified atom stereocenters. The summed E-state index contributed by atoms with van der Waals surface area (Å²) in [4.78, 5) is 20.4. The first-order valence-corrected chi connectivity index (χ1v) is 10.5. The third-order valence-electron chi connectivity index (χ3n) is 4.67. The minimum atomic E-state index is 0. The predicted molar refractivity (Wildman–Crippen MR) is 129 cm³/mol. The quantitative estimate of drug-likeness (QED) is 0.251. The van der Waals surface area contributed by atoms with Crippen molar-refractivity contribution in [2.45, 2.75) is 39.2 Å². The fourth-order valence-electron chi connectivity index (χ4n) is 3.29. The maximum atomic E-state index is 12.6. The Hall–Kier alpha value is -1.61. The molecule has 1 aliphatic rings. The molecular weight excluding hydrogens is 483 g/mol. The van der Waals surface area contributed by atoms with Crippen LogP contribution in [0.3, 0.4) is 0 Å². The van der Waals surface area contributed by atoms with Crippen LogP contribution in [0.4, 0.5) is 5.69 Å². The fraction of sp³-hybridized carbons (Fsp3) is 0.429. The van der Waals surface area contributed by atoms with Crippen molar-refractivity contribution in [3.05, 3.63) is 52.2 Å². The van der Waals surface area contributed by atoms with Crippen LogP contribution >= 0.6 is 35.3 Å². The molecule has 0 saturated carbocycles. The third-order valence-corrected chi connectivity index (χ3v) is 5.73. The largest absolute Gasteiger partial charge is 0.357 e. The number of thiophene rings is 1. The summed E-state index contributed by atoms with van der Waals surface area (Å²) in [6.07, 6.45) is 2.23. The Morgan fingerprint density at radius 2 is 2.11 bits per heavy atom. The number of nitrogens with one attached hydrogen (secondary N) is 2. The molecule has 5 nitrogen and oxygen atoms in total. The topological polar surface area (TPSA) is 56.7 Å². The van der Waals surface area contributed by atoms with Crippen molar-refractivity contribution in [1.29, 1.82) is 0 Å². The minimum Gasteiger partial charge on any atom is -0.357 e. The monoisotopic (exact) mass is 512 g/mol. The highest BCUT2D eigenvalue weighted by atomic mass is 127. The number of amides is 1. The molecule has 3 rings (SSSR count). The molecular formula is C21H29IN4OS. The Kier molecular flexibility index (Phi) is 9.24. The highest BCUT2D eigenvalue weighted by molar-refractivity contribution is 14.0.